The van der Waals surface area contributed by atoms with Gasteiger partial charge in [-0.1, -0.05) is 11.6 Å². The fraction of sp³-hybridized carbons (Fsp3) is 0.0714. The van der Waals surface area contributed by atoms with Crippen LogP contribution < -0.4 is 10.3 Å². The highest BCUT2D eigenvalue weighted by Crippen LogP contribution is 2.29. The Bertz CT molecular complexity index is 835. The van der Waals surface area contributed by atoms with Crippen LogP contribution in [0, 0.1) is 0 Å². The summed E-state index contributed by atoms with van der Waals surface area (Å²) in [7, 11) is -4.21. The van der Waals surface area contributed by atoms with Gasteiger partial charge >= 0.3 is 6.18 Å². The van der Waals surface area contributed by atoms with Crippen molar-refractivity contribution >= 4 is 27.5 Å². The molecule has 24 heavy (non-hydrogen) atoms. The monoisotopic (exact) mass is 378 g/mol. The van der Waals surface area contributed by atoms with E-state index in [1.807, 2.05) is 5.43 Å². The van der Waals surface area contributed by atoms with Crippen LogP contribution in [0.5, 0.6) is 0 Å². The maximum Gasteiger partial charge on any atom is 0.416 e. The Labute approximate surface area is 140 Å². The summed E-state index contributed by atoms with van der Waals surface area (Å²) in [5, 5.41) is 0.400. The second-order valence-corrected chi connectivity index (χ2v) is 6.71. The standard InChI is InChI=1S/C14H10ClF3N2O3S/c15-11-5-1-9(2-6-11)13(21)19-20-24(22,23)12-7-3-10(4-8-12)14(16,17)18/h1-8,20H,(H,19,21). The minimum absolute atomic E-state index is 0.148. The third kappa shape index (κ3) is 4.47. The highest BCUT2D eigenvalue weighted by atomic mass is 35.5. The van der Waals surface area contributed by atoms with E-state index in [1.165, 1.54) is 24.3 Å². The summed E-state index contributed by atoms with van der Waals surface area (Å²) in [4.78, 5) is 13.2. The van der Waals surface area contributed by atoms with Gasteiger partial charge in [0.15, 0.2) is 0 Å². The first kappa shape index (κ1) is 18.2. The third-order valence-electron chi connectivity index (χ3n) is 2.90. The first-order valence-corrected chi connectivity index (χ1v) is 8.21. The molecule has 1 amide bonds. The Balaban J connectivity index is 2.08. The summed E-state index contributed by atoms with van der Waals surface area (Å²) in [6, 6.07) is 8.50. The summed E-state index contributed by atoms with van der Waals surface area (Å²) < 4.78 is 61.3. The van der Waals surface area contributed by atoms with Gasteiger partial charge in [-0.25, -0.2) is 8.42 Å². The number of rotatable bonds is 4. The molecule has 0 radical (unpaired) electrons. The van der Waals surface area contributed by atoms with Gasteiger partial charge < -0.3 is 0 Å². The van der Waals surface area contributed by atoms with E-state index in [4.69, 9.17) is 11.6 Å². The average Bonchev–Trinajstić information content (AvgIpc) is 2.53. The zero-order valence-corrected chi connectivity index (χ0v) is 13.3. The maximum absolute atomic E-state index is 12.5. The summed E-state index contributed by atoms with van der Waals surface area (Å²) in [6.07, 6.45) is -4.57. The highest BCUT2D eigenvalue weighted by Gasteiger charge is 2.30. The molecule has 0 fully saturated rings. The lowest BCUT2D eigenvalue weighted by Gasteiger charge is -2.10. The van der Waals surface area contributed by atoms with Crippen LogP contribution in [-0.2, 0) is 16.2 Å². The van der Waals surface area contributed by atoms with Crippen LogP contribution in [0.3, 0.4) is 0 Å². The first-order valence-electron chi connectivity index (χ1n) is 6.34. The Morgan fingerprint density at radius 2 is 1.50 bits per heavy atom. The van der Waals surface area contributed by atoms with Crippen molar-refractivity contribution in [1.82, 2.24) is 10.3 Å². The molecule has 0 spiro atoms. The van der Waals surface area contributed by atoms with Crippen molar-refractivity contribution in [3.63, 3.8) is 0 Å². The van der Waals surface area contributed by atoms with Gasteiger partial charge in [0.2, 0.25) is 0 Å². The summed E-state index contributed by atoms with van der Waals surface area (Å²) in [5.41, 5.74) is 1.13. The number of amides is 1. The van der Waals surface area contributed by atoms with Crippen LogP contribution in [-0.4, -0.2) is 14.3 Å². The van der Waals surface area contributed by atoms with Gasteiger partial charge in [-0.2, -0.15) is 13.2 Å². The fourth-order valence-electron chi connectivity index (χ4n) is 1.67. The van der Waals surface area contributed by atoms with Crippen molar-refractivity contribution in [2.75, 3.05) is 0 Å². The number of alkyl halides is 3. The third-order valence-corrected chi connectivity index (χ3v) is 4.41. The maximum atomic E-state index is 12.5. The van der Waals surface area contributed by atoms with Crippen LogP contribution in [0.15, 0.2) is 53.4 Å². The predicted octanol–water partition coefficient (Wildman–Crippen LogP) is 2.98. The van der Waals surface area contributed by atoms with Gasteiger partial charge in [-0.05, 0) is 48.5 Å². The zero-order valence-electron chi connectivity index (χ0n) is 11.8. The molecule has 0 aliphatic heterocycles. The molecular weight excluding hydrogens is 369 g/mol. The van der Waals surface area contributed by atoms with Gasteiger partial charge in [0.25, 0.3) is 15.9 Å². The van der Waals surface area contributed by atoms with Crippen molar-refractivity contribution in [3.05, 3.63) is 64.7 Å². The SMILES string of the molecule is O=C(NNS(=O)(=O)c1ccc(C(F)(F)F)cc1)c1ccc(Cl)cc1. The minimum atomic E-state index is -4.57. The number of benzene rings is 2. The molecule has 0 aromatic heterocycles. The first-order chi connectivity index (χ1) is 11.1. The van der Waals surface area contributed by atoms with Crippen molar-refractivity contribution in [2.45, 2.75) is 11.1 Å². The van der Waals surface area contributed by atoms with Crippen LogP contribution in [0.2, 0.25) is 5.02 Å². The molecule has 2 aromatic rings. The van der Waals surface area contributed by atoms with E-state index >= 15 is 0 Å². The minimum Gasteiger partial charge on any atom is -0.273 e. The lowest BCUT2D eigenvalue weighted by molar-refractivity contribution is -0.137. The number of hydrogen-bond acceptors (Lipinski definition) is 3. The molecule has 2 aromatic carbocycles. The lowest BCUT2D eigenvalue weighted by atomic mass is 10.2. The average molecular weight is 379 g/mol. The Morgan fingerprint density at radius 3 is 2.00 bits per heavy atom. The van der Waals surface area contributed by atoms with Gasteiger partial charge in [0.1, 0.15) is 0 Å². The molecule has 0 saturated carbocycles. The molecule has 2 rings (SSSR count). The topological polar surface area (TPSA) is 75.3 Å². The molecule has 128 valence electrons. The number of sulfonamides is 1. The molecule has 0 unspecified atom stereocenters. The summed E-state index contributed by atoms with van der Waals surface area (Å²) >= 11 is 5.67. The summed E-state index contributed by atoms with van der Waals surface area (Å²) in [5.74, 6) is -0.748. The van der Waals surface area contributed by atoms with E-state index in [-0.39, 0.29) is 5.56 Å². The van der Waals surface area contributed by atoms with Crippen LogP contribution in [0.4, 0.5) is 13.2 Å². The second-order valence-electron chi connectivity index (χ2n) is 4.59. The van der Waals surface area contributed by atoms with Crippen LogP contribution in [0.1, 0.15) is 15.9 Å². The zero-order chi connectivity index (χ0) is 18.0. The van der Waals surface area contributed by atoms with E-state index in [2.05, 4.69) is 0 Å². The predicted molar refractivity (Wildman–Crippen MR) is 80.7 cm³/mol. The largest absolute Gasteiger partial charge is 0.416 e. The van der Waals surface area contributed by atoms with Crippen LogP contribution in [0.25, 0.3) is 0 Å². The smallest absolute Gasteiger partial charge is 0.273 e. The van der Waals surface area contributed by atoms with Gasteiger partial charge in [-0.15, -0.1) is 4.83 Å². The molecule has 0 heterocycles. The fourth-order valence-corrected chi connectivity index (χ4v) is 2.63. The molecule has 5 nitrogen and oxygen atoms in total. The van der Waals surface area contributed by atoms with E-state index in [0.717, 1.165) is 12.1 Å². The van der Waals surface area contributed by atoms with Crippen molar-refractivity contribution < 1.29 is 26.4 Å². The number of hydrazine groups is 1. The molecule has 0 aliphatic rings. The van der Waals surface area contributed by atoms with E-state index in [0.29, 0.717) is 17.2 Å². The molecule has 0 aliphatic carbocycles. The van der Waals surface area contributed by atoms with Crippen molar-refractivity contribution in [2.24, 2.45) is 0 Å². The highest BCUT2D eigenvalue weighted by molar-refractivity contribution is 7.89. The Hall–Kier alpha value is -2.10. The second kappa shape index (κ2) is 6.80. The quantitative estimate of drug-likeness (QED) is 0.803. The molecular formula is C14H10ClF3N2O3S. The van der Waals surface area contributed by atoms with Gasteiger partial charge in [0.05, 0.1) is 10.5 Å². The van der Waals surface area contributed by atoms with E-state index < -0.39 is 32.6 Å². The Morgan fingerprint density at radius 1 is 0.958 bits per heavy atom. The molecule has 0 saturated heterocycles. The number of halogens is 4. The van der Waals surface area contributed by atoms with Gasteiger partial charge in [0, 0.05) is 10.6 Å². The van der Waals surface area contributed by atoms with Crippen LogP contribution >= 0.6 is 11.6 Å². The Kier molecular flexibility index (Phi) is 5.16. The molecule has 0 atom stereocenters. The summed E-state index contributed by atoms with van der Waals surface area (Å²) in [6.45, 7) is 0. The van der Waals surface area contributed by atoms with Crippen molar-refractivity contribution in [1.29, 1.82) is 0 Å². The van der Waals surface area contributed by atoms with Gasteiger partial charge in [-0.3, -0.25) is 10.2 Å². The number of nitrogens with one attached hydrogen (secondary N) is 2. The van der Waals surface area contributed by atoms with E-state index in [1.54, 1.807) is 4.83 Å². The lowest BCUT2D eigenvalue weighted by Crippen LogP contribution is -2.41. The normalized spacial score (nSPS) is 12.0. The number of carbonyl (C=O) groups is 1. The van der Waals surface area contributed by atoms with E-state index in [9.17, 15) is 26.4 Å². The molecule has 2 N–H and O–H groups in total. The number of hydrogen-bond donors (Lipinski definition) is 2. The number of carbonyl (C=O) groups excluding carboxylic acids is 1. The van der Waals surface area contributed by atoms with Crippen molar-refractivity contribution in [3.8, 4) is 0 Å². The molecule has 0 bridgehead atoms. The molecule has 10 heteroatoms.